The summed E-state index contributed by atoms with van der Waals surface area (Å²) in [5.74, 6) is -0.443. The lowest BCUT2D eigenvalue weighted by Gasteiger charge is -2.06. The molecule has 8 heteroatoms. The quantitative estimate of drug-likeness (QED) is 0.718. The van der Waals surface area contributed by atoms with Crippen molar-refractivity contribution in [3.63, 3.8) is 0 Å². The summed E-state index contributed by atoms with van der Waals surface area (Å²) in [4.78, 5) is 3.80. The lowest BCUT2D eigenvalue weighted by molar-refractivity contribution is 0.473. The van der Waals surface area contributed by atoms with Crippen LogP contribution in [0.25, 0.3) is 11.3 Å². The Balaban J connectivity index is 0.000000228. The van der Waals surface area contributed by atoms with Crippen LogP contribution in [0.4, 0.5) is 4.39 Å². The van der Waals surface area contributed by atoms with E-state index in [0.29, 0.717) is 16.8 Å². The Morgan fingerprint density at radius 1 is 1.04 bits per heavy atom. The number of nitriles is 1. The van der Waals surface area contributed by atoms with Crippen LogP contribution in [0.5, 0.6) is 5.75 Å². The Kier molecular flexibility index (Phi) is 6.01. The van der Waals surface area contributed by atoms with Gasteiger partial charge in [0.15, 0.2) is 0 Å². The van der Waals surface area contributed by atoms with Gasteiger partial charge in [0.05, 0.1) is 22.3 Å². The van der Waals surface area contributed by atoms with Gasteiger partial charge in [0, 0.05) is 5.56 Å². The molecule has 0 atom stereocenters. The summed E-state index contributed by atoms with van der Waals surface area (Å²) in [6.07, 6.45) is 1.02. The number of benzene rings is 2. The largest absolute Gasteiger partial charge is 0.507 e. The van der Waals surface area contributed by atoms with Crippen molar-refractivity contribution < 1.29 is 17.9 Å². The number of rotatable bonds is 2. The van der Waals surface area contributed by atoms with Crippen molar-refractivity contribution in [2.45, 2.75) is 4.90 Å². The molecular formula is C18H14FN3O3S. The van der Waals surface area contributed by atoms with Crippen LogP contribution in [-0.4, -0.2) is 18.5 Å². The van der Waals surface area contributed by atoms with E-state index in [-0.39, 0.29) is 10.6 Å². The molecule has 6 nitrogen and oxygen atoms in total. The first-order valence-corrected chi connectivity index (χ1v) is 8.79. The minimum absolute atomic E-state index is 0.0286. The molecule has 3 N–H and O–H groups in total. The fourth-order valence-corrected chi connectivity index (χ4v) is 2.78. The zero-order chi connectivity index (χ0) is 19.2. The first-order valence-electron chi connectivity index (χ1n) is 7.25. The molecule has 0 spiro atoms. The fourth-order valence-electron chi connectivity index (χ4n) is 2.03. The molecule has 0 saturated carbocycles. The van der Waals surface area contributed by atoms with E-state index >= 15 is 0 Å². The van der Waals surface area contributed by atoms with Gasteiger partial charge in [-0.2, -0.15) is 5.26 Å². The second kappa shape index (κ2) is 8.20. The highest BCUT2D eigenvalue weighted by Crippen LogP contribution is 2.24. The summed E-state index contributed by atoms with van der Waals surface area (Å²) in [6.45, 7) is 0. The topological polar surface area (TPSA) is 117 Å². The molecule has 1 aromatic heterocycles. The van der Waals surface area contributed by atoms with Crippen LogP contribution in [0.2, 0.25) is 0 Å². The molecular weight excluding hydrogens is 357 g/mol. The number of halogens is 1. The van der Waals surface area contributed by atoms with Crippen LogP contribution in [-0.2, 0) is 10.0 Å². The molecule has 1 heterocycles. The number of aromatic hydroxyl groups is 1. The average molecular weight is 371 g/mol. The van der Waals surface area contributed by atoms with Gasteiger partial charge in [0.25, 0.3) is 0 Å². The van der Waals surface area contributed by atoms with Crippen molar-refractivity contribution >= 4 is 10.0 Å². The predicted octanol–water partition coefficient (Wildman–Crippen LogP) is 2.80. The molecule has 0 radical (unpaired) electrons. The molecule has 0 amide bonds. The number of sulfonamides is 1. The van der Waals surface area contributed by atoms with Gasteiger partial charge >= 0.3 is 0 Å². The van der Waals surface area contributed by atoms with Gasteiger partial charge in [-0.15, -0.1) is 0 Å². The molecule has 0 fully saturated rings. The molecule has 0 aliphatic rings. The maximum absolute atomic E-state index is 12.7. The zero-order valence-electron chi connectivity index (χ0n) is 13.4. The summed E-state index contributed by atoms with van der Waals surface area (Å²) < 4.78 is 35.5. The minimum Gasteiger partial charge on any atom is -0.507 e. The molecule has 132 valence electrons. The van der Waals surface area contributed by atoms with Crippen LogP contribution in [0.15, 0.2) is 71.8 Å². The molecule has 0 aliphatic heterocycles. The van der Waals surface area contributed by atoms with E-state index in [4.69, 9.17) is 15.5 Å². The Morgan fingerprint density at radius 3 is 2.23 bits per heavy atom. The highest BCUT2D eigenvalue weighted by Gasteiger charge is 2.15. The molecule has 0 unspecified atom stereocenters. The van der Waals surface area contributed by atoms with Gasteiger partial charge in [0.1, 0.15) is 17.6 Å². The predicted molar refractivity (Wildman–Crippen MR) is 93.8 cm³/mol. The minimum atomic E-state index is -3.83. The SMILES string of the molecule is N#Cc1ccccc1O.NS(=O)(=O)c1ccccc1-c1ccc(F)cn1. The molecule has 0 aliphatic carbocycles. The Hall–Kier alpha value is -3.28. The molecule has 3 rings (SSSR count). The fraction of sp³-hybridized carbons (Fsp3) is 0. The number of nitrogens with zero attached hydrogens (tertiary/aromatic N) is 2. The van der Waals surface area contributed by atoms with Gasteiger partial charge in [-0.1, -0.05) is 30.3 Å². The van der Waals surface area contributed by atoms with Crippen LogP contribution in [0.1, 0.15) is 5.56 Å². The van der Waals surface area contributed by atoms with Crippen molar-refractivity contribution in [3.8, 4) is 23.1 Å². The number of phenolic OH excluding ortho intramolecular Hbond substituents is 1. The molecule has 0 saturated heterocycles. The standard InChI is InChI=1S/C11H9FN2O2S.C7H5NO/c12-8-5-6-10(14-7-8)9-3-1-2-4-11(9)17(13,15)16;8-5-6-3-1-2-4-7(6)9/h1-7H,(H2,13,15,16);1-4,9H. The van der Waals surface area contributed by atoms with Gasteiger partial charge in [-0.05, 0) is 30.3 Å². The van der Waals surface area contributed by atoms with Gasteiger partial charge in [-0.25, -0.2) is 17.9 Å². The van der Waals surface area contributed by atoms with Crippen molar-refractivity contribution in [2.24, 2.45) is 5.14 Å². The zero-order valence-corrected chi connectivity index (χ0v) is 14.2. The highest BCUT2D eigenvalue weighted by atomic mass is 32.2. The van der Waals surface area contributed by atoms with Crippen molar-refractivity contribution in [1.82, 2.24) is 4.98 Å². The number of pyridine rings is 1. The highest BCUT2D eigenvalue weighted by molar-refractivity contribution is 7.89. The number of primary sulfonamides is 1. The van der Waals surface area contributed by atoms with Gasteiger partial charge in [0.2, 0.25) is 10.0 Å². The average Bonchev–Trinajstić information content (AvgIpc) is 2.63. The third kappa shape index (κ3) is 4.86. The summed E-state index contributed by atoms with van der Waals surface area (Å²) in [7, 11) is -3.83. The van der Waals surface area contributed by atoms with E-state index in [1.807, 2.05) is 6.07 Å². The Labute approximate surface area is 150 Å². The number of hydrogen-bond donors (Lipinski definition) is 2. The van der Waals surface area contributed by atoms with Crippen LogP contribution >= 0.6 is 0 Å². The lowest BCUT2D eigenvalue weighted by Crippen LogP contribution is -2.13. The van der Waals surface area contributed by atoms with E-state index in [1.165, 1.54) is 24.3 Å². The van der Waals surface area contributed by atoms with E-state index in [1.54, 1.807) is 36.4 Å². The monoisotopic (exact) mass is 371 g/mol. The number of hydrogen-bond acceptors (Lipinski definition) is 5. The number of nitrogens with two attached hydrogens (primary N) is 1. The Morgan fingerprint density at radius 2 is 1.69 bits per heavy atom. The molecule has 26 heavy (non-hydrogen) atoms. The van der Waals surface area contributed by atoms with Crippen molar-refractivity contribution in [2.75, 3.05) is 0 Å². The van der Waals surface area contributed by atoms with Crippen LogP contribution in [0.3, 0.4) is 0 Å². The number of phenols is 1. The maximum Gasteiger partial charge on any atom is 0.238 e. The lowest BCUT2D eigenvalue weighted by atomic mass is 10.1. The van der Waals surface area contributed by atoms with E-state index in [0.717, 1.165) is 6.20 Å². The van der Waals surface area contributed by atoms with Crippen LogP contribution in [0, 0.1) is 17.1 Å². The first kappa shape index (κ1) is 19.1. The van der Waals surface area contributed by atoms with Crippen molar-refractivity contribution in [3.05, 3.63) is 78.2 Å². The second-order valence-corrected chi connectivity index (χ2v) is 6.56. The summed E-state index contributed by atoms with van der Waals surface area (Å²) in [5.41, 5.74) is 1.03. The van der Waals surface area contributed by atoms with E-state index in [9.17, 15) is 12.8 Å². The normalized spacial score (nSPS) is 10.3. The number of para-hydroxylation sites is 1. The second-order valence-electron chi connectivity index (χ2n) is 5.03. The molecule has 2 aromatic carbocycles. The summed E-state index contributed by atoms with van der Waals surface area (Å²) >= 11 is 0. The first-order chi connectivity index (χ1) is 12.3. The molecule has 3 aromatic rings. The van der Waals surface area contributed by atoms with Gasteiger partial charge < -0.3 is 5.11 Å². The third-order valence-corrected chi connectivity index (χ3v) is 4.19. The third-order valence-electron chi connectivity index (χ3n) is 3.22. The number of aromatic nitrogens is 1. The van der Waals surface area contributed by atoms with Crippen molar-refractivity contribution in [1.29, 1.82) is 5.26 Å². The molecule has 0 bridgehead atoms. The van der Waals surface area contributed by atoms with E-state index in [2.05, 4.69) is 4.98 Å². The summed E-state index contributed by atoms with van der Waals surface area (Å²) in [5, 5.41) is 22.3. The Bertz CT molecular complexity index is 1050. The summed E-state index contributed by atoms with van der Waals surface area (Å²) in [6, 6.07) is 17.1. The maximum atomic E-state index is 12.7. The van der Waals surface area contributed by atoms with Gasteiger partial charge in [-0.3, -0.25) is 4.98 Å². The van der Waals surface area contributed by atoms with Crippen LogP contribution < -0.4 is 5.14 Å². The smallest absolute Gasteiger partial charge is 0.238 e. The van der Waals surface area contributed by atoms with E-state index < -0.39 is 15.8 Å².